The molecule has 2 amide bonds. The molecule has 0 bridgehead atoms. The maximum Gasteiger partial charge on any atom is 0.310 e. The number of carbonyl (C=O) groups is 3. The zero-order valence-electron chi connectivity index (χ0n) is 16.9. The first-order chi connectivity index (χ1) is 13.7. The Kier molecular flexibility index (Phi) is 5.73. The molecule has 6 heteroatoms. The van der Waals surface area contributed by atoms with Crippen LogP contribution in [0.3, 0.4) is 0 Å². The first-order valence-electron chi connectivity index (χ1n) is 9.72. The predicted octanol–water partition coefficient (Wildman–Crippen LogP) is 3.33. The normalized spacial score (nSPS) is 14.3. The van der Waals surface area contributed by atoms with Gasteiger partial charge in [-0.25, -0.2) is 0 Å². The van der Waals surface area contributed by atoms with Gasteiger partial charge in [0, 0.05) is 23.7 Å². The third-order valence-corrected chi connectivity index (χ3v) is 5.31. The molecule has 0 spiro atoms. The fourth-order valence-corrected chi connectivity index (χ4v) is 3.84. The maximum absolute atomic E-state index is 12.7. The summed E-state index contributed by atoms with van der Waals surface area (Å²) in [7, 11) is 0. The lowest BCUT2D eigenvalue weighted by Crippen LogP contribution is -2.36. The average molecular weight is 394 g/mol. The summed E-state index contributed by atoms with van der Waals surface area (Å²) in [5.74, 6) is -1.55. The third kappa shape index (κ3) is 4.47. The van der Waals surface area contributed by atoms with E-state index >= 15 is 0 Å². The fourth-order valence-electron chi connectivity index (χ4n) is 3.84. The van der Waals surface area contributed by atoms with Gasteiger partial charge in [0.1, 0.15) is 0 Å². The van der Waals surface area contributed by atoms with Gasteiger partial charge in [0.25, 0.3) is 5.91 Å². The molecule has 0 aliphatic heterocycles. The SMILES string of the molecule is Cc1ccc(NC(=O)CC2(C(=O)O)Cc3ccccc3C2)cc1C(=O)NC(C)C. The zero-order chi connectivity index (χ0) is 21.2. The molecule has 6 nitrogen and oxygen atoms in total. The molecule has 3 N–H and O–H groups in total. The van der Waals surface area contributed by atoms with Crippen LogP contribution in [-0.2, 0) is 22.4 Å². The predicted molar refractivity (Wildman–Crippen MR) is 111 cm³/mol. The summed E-state index contributed by atoms with van der Waals surface area (Å²) in [5.41, 5.74) is 2.57. The van der Waals surface area contributed by atoms with Crippen molar-refractivity contribution in [3.8, 4) is 0 Å². The number of carbonyl (C=O) groups excluding carboxylic acids is 2. The Morgan fingerprint density at radius 1 is 1.07 bits per heavy atom. The summed E-state index contributed by atoms with van der Waals surface area (Å²) >= 11 is 0. The molecule has 0 radical (unpaired) electrons. The molecule has 0 fully saturated rings. The van der Waals surface area contributed by atoms with Crippen molar-refractivity contribution in [3.05, 3.63) is 64.7 Å². The average Bonchev–Trinajstić information content (AvgIpc) is 3.02. The molecule has 2 aromatic rings. The van der Waals surface area contributed by atoms with Crippen LogP contribution in [0.5, 0.6) is 0 Å². The zero-order valence-corrected chi connectivity index (χ0v) is 16.9. The van der Waals surface area contributed by atoms with Crippen molar-refractivity contribution in [1.82, 2.24) is 5.32 Å². The molecule has 0 heterocycles. The minimum atomic E-state index is -1.14. The monoisotopic (exact) mass is 394 g/mol. The van der Waals surface area contributed by atoms with Crippen LogP contribution in [0.2, 0.25) is 0 Å². The minimum Gasteiger partial charge on any atom is -0.481 e. The number of carboxylic acids is 1. The van der Waals surface area contributed by atoms with Crippen LogP contribution in [-0.4, -0.2) is 28.9 Å². The highest BCUT2D eigenvalue weighted by Gasteiger charge is 2.45. The number of nitrogens with one attached hydrogen (secondary N) is 2. The smallest absolute Gasteiger partial charge is 0.310 e. The maximum atomic E-state index is 12.7. The molecule has 0 aromatic heterocycles. The molecule has 0 saturated carbocycles. The Morgan fingerprint density at radius 3 is 2.24 bits per heavy atom. The number of amides is 2. The van der Waals surface area contributed by atoms with Crippen LogP contribution < -0.4 is 10.6 Å². The second-order valence-corrected chi connectivity index (χ2v) is 8.09. The van der Waals surface area contributed by atoms with E-state index in [2.05, 4.69) is 10.6 Å². The van der Waals surface area contributed by atoms with Crippen molar-refractivity contribution >= 4 is 23.5 Å². The Labute approximate surface area is 170 Å². The van der Waals surface area contributed by atoms with Crippen LogP contribution in [0.1, 0.15) is 47.3 Å². The van der Waals surface area contributed by atoms with Crippen molar-refractivity contribution in [3.63, 3.8) is 0 Å². The molecular weight excluding hydrogens is 368 g/mol. The van der Waals surface area contributed by atoms with Gasteiger partial charge in [0.2, 0.25) is 5.91 Å². The molecule has 1 aliphatic carbocycles. The molecule has 1 aliphatic rings. The van der Waals surface area contributed by atoms with Gasteiger partial charge in [0.05, 0.1) is 5.41 Å². The third-order valence-electron chi connectivity index (χ3n) is 5.31. The van der Waals surface area contributed by atoms with Crippen molar-refractivity contribution < 1.29 is 19.5 Å². The van der Waals surface area contributed by atoms with E-state index in [4.69, 9.17) is 0 Å². The second kappa shape index (κ2) is 8.07. The number of benzene rings is 2. The molecule has 2 aromatic carbocycles. The highest BCUT2D eigenvalue weighted by Crippen LogP contribution is 2.40. The van der Waals surface area contributed by atoms with Gasteiger partial charge in [0.15, 0.2) is 0 Å². The number of rotatable bonds is 6. The Hall–Kier alpha value is -3.15. The highest BCUT2D eigenvalue weighted by molar-refractivity contribution is 5.99. The van der Waals surface area contributed by atoms with Crippen LogP contribution in [0.4, 0.5) is 5.69 Å². The lowest BCUT2D eigenvalue weighted by molar-refractivity contribution is -0.150. The first kappa shape index (κ1) is 20.6. The molecule has 152 valence electrons. The van der Waals surface area contributed by atoms with E-state index in [1.54, 1.807) is 18.2 Å². The van der Waals surface area contributed by atoms with E-state index in [1.807, 2.05) is 45.0 Å². The van der Waals surface area contributed by atoms with Crippen molar-refractivity contribution in [2.75, 3.05) is 5.32 Å². The van der Waals surface area contributed by atoms with Crippen LogP contribution in [0, 0.1) is 12.3 Å². The minimum absolute atomic E-state index is 0.000397. The number of carboxylic acid groups (broad SMARTS) is 1. The van der Waals surface area contributed by atoms with E-state index < -0.39 is 11.4 Å². The van der Waals surface area contributed by atoms with Crippen molar-refractivity contribution in [2.45, 2.75) is 46.1 Å². The van der Waals surface area contributed by atoms with Crippen molar-refractivity contribution in [1.29, 1.82) is 0 Å². The number of hydrogen-bond donors (Lipinski definition) is 3. The van der Waals surface area contributed by atoms with E-state index in [1.165, 1.54) is 0 Å². The number of fused-ring (bicyclic) bond motifs is 1. The number of aryl methyl sites for hydroxylation is 1. The summed E-state index contributed by atoms with van der Waals surface area (Å²) in [5, 5.41) is 15.5. The molecule has 29 heavy (non-hydrogen) atoms. The van der Waals surface area contributed by atoms with Gasteiger partial charge >= 0.3 is 5.97 Å². The summed E-state index contributed by atoms with van der Waals surface area (Å²) < 4.78 is 0. The quantitative estimate of drug-likeness (QED) is 0.700. The van der Waals surface area contributed by atoms with E-state index in [9.17, 15) is 19.5 Å². The summed E-state index contributed by atoms with van der Waals surface area (Å²) in [6.07, 6.45) is 0.544. The molecule has 3 rings (SSSR count). The van der Waals surface area contributed by atoms with Gasteiger partial charge < -0.3 is 15.7 Å². The van der Waals surface area contributed by atoms with Gasteiger partial charge in [-0.2, -0.15) is 0 Å². The van der Waals surface area contributed by atoms with Crippen molar-refractivity contribution in [2.24, 2.45) is 5.41 Å². The summed E-state index contributed by atoms with van der Waals surface area (Å²) in [6.45, 7) is 5.59. The standard InChI is InChI=1S/C23H26N2O4/c1-14(2)24-21(27)19-10-18(9-8-15(19)3)25-20(26)13-23(22(28)29)11-16-6-4-5-7-17(16)12-23/h4-10,14H,11-13H2,1-3H3,(H,24,27)(H,25,26)(H,28,29). The van der Waals surface area contributed by atoms with Crippen LogP contribution in [0.25, 0.3) is 0 Å². The van der Waals surface area contributed by atoms with E-state index in [0.29, 0.717) is 24.1 Å². The summed E-state index contributed by atoms with van der Waals surface area (Å²) in [6, 6.07) is 12.7. The Balaban J connectivity index is 1.75. The molecule has 0 unspecified atom stereocenters. The Bertz CT molecular complexity index is 940. The van der Waals surface area contributed by atoms with Gasteiger partial charge in [-0.1, -0.05) is 30.3 Å². The van der Waals surface area contributed by atoms with Gasteiger partial charge in [-0.15, -0.1) is 0 Å². The lowest BCUT2D eigenvalue weighted by atomic mass is 9.81. The molecule has 0 atom stereocenters. The highest BCUT2D eigenvalue weighted by atomic mass is 16.4. The fraction of sp³-hybridized carbons (Fsp3) is 0.348. The Morgan fingerprint density at radius 2 is 1.69 bits per heavy atom. The molecular formula is C23H26N2O4. The first-order valence-corrected chi connectivity index (χ1v) is 9.72. The topological polar surface area (TPSA) is 95.5 Å². The van der Waals surface area contributed by atoms with Gasteiger partial charge in [-0.3, -0.25) is 14.4 Å². The van der Waals surface area contributed by atoms with Crippen LogP contribution >= 0.6 is 0 Å². The van der Waals surface area contributed by atoms with E-state index in [0.717, 1.165) is 16.7 Å². The largest absolute Gasteiger partial charge is 0.481 e. The second-order valence-electron chi connectivity index (χ2n) is 8.09. The van der Waals surface area contributed by atoms with Gasteiger partial charge in [-0.05, 0) is 62.4 Å². The number of aliphatic carboxylic acids is 1. The van der Waals surface area contributed by atoms with Crippen LogP contribution in [0.15, 0.2) is 42.5 Å². The number of anilines is 1. The number of hydrogen-bond acceptors (Lipinski definition) is 3. The van der Waals surface area contributed by atoms with E-state index in [-0.39, 0.29) is 24.3 Å². The summed E-state index contributed by atoms with van der Waals surface area (Å²) in [4.78, 5) is 37.1. The lowest BCUT2D eigenvalue weighted by Gasteiger charge is -2.23. The molecule has 0 saturated heterocycles.